The molecule has 4 atom stereocenters. The van der Waals surface area contributed by atoms with Crippen molar-refractivity contribution in [3.63, 3.8) is 0 Å². The third kappa shape index (κ3) is 10.7. The number of rotatable bonds is 10. The van der Waals surface area contributed by atoms with Crippen LogP contribution in [-0.2, 0) is 22.7 Å². The Kier molecular flexibility index (Phi) is 15.0. The molecule has 0 aliphatic carbocycles. The van der Waals surface area contributed by atoms with Crippen LogP contribution in [0.1, 0.15) is 11.4 Å². The van der Waals surface area contributed by atoms with E-state index in [9.17, 15) is 9.59 Å². The third-order valence-corrected chi connectivity index (χ3v) is 14.1. The standard InChI is InChI=1S/C23H24Cl2N6O2.C13H17ClN2O.C10H9ClN4O2/c1-14-21(25)22(23-26-6-3-7-27-23)28-31(14)13-20(32)30-11-15-9-29(10-16(15)12-30)17-4-5-18(24)19(8-17)33-2;1-17-13-4-11(2-3-12(13)14)16-7-9-5-15-6-10(9)8-16;1-6-8(11)9(10-12-3-2-4-13-10)14-15(6)5-7(16)17/h3-8,15-16H,9-13H2,1-2H3;2-4,9-10,15H,5-8H2,1H3;2-4H,5H2,1H3,(H,16,17). The van der Waals surface area contributed by atoms with Crippen LogP contribution in [0.25, 0.3) is 23.0 Å². The van der Waals surface area contributed by atoms with Gasteiger partial charge >= 0.3 is 5.97 Å². The van der Waals surface area contributed by atoms with Crippen LogP contribution >= 0.6 is 46.4 Å². The summed E-state index contributed by atoms with van der Waals surface area (Å²) in [5.41, 5.74) is 4.52. The van der Waals surface area contributed by atoms with Crippen LogP contribution in [-0.4, -0.2) is 128 Å². The Hall–Kier alpha value is -5.72. The number of methoxy groups -OCH3 is 2. The monoisotopic (exact) mass is 990 g/mol. The van der Waals surface area contributed by atoms with Gasteiger partial charge < -0.3 is 34.6 Å². The average molecular weight is 993 g/mol. The summed E-state index contributed by atoms with van der Waals surface area (Å²) in [5.74, 6) is 3.82. The number of ether oxygens (including phenoxy) is 2. The van der Waals surface area contributed by atoms with E-state index in [2.05, 4.69) is 51.3 Å². The summed E-state index contributed by atoms with van der Waals surface area (Å²) in [5, 5.41) is 22.9. The smallest absolute Gasteiger partial charge is 0.325 e. The van der Waals surface area contributed by atoms with E-state index in [-0.39, 0.29) is 19.0 Å². The van der Waals surface area contributed by atoms with Crippen LogP contribution in [0.15, 0.2) is 73.3 Å². The van der Waals surface area contributed by atoms with Crippen molar-refractivity contribution in [2.45, 2.75) is 26.9 Å². The highest BCUT2D eigenvalue weighted by atomic mass is 35.5. The number of carbonyl (C=O) groups excluding carboxylic acids is 1. The molecule has 4 aromatic heterocycles. The van der Waals surface area contributed by atoms with Gasteiger partial charge in [-0.1, -0.05) is 46.4 Å². The van der Waals surface area contributed by atoms with E-state index < -0.39 is 5.97 Å². The lowest BCUT2D eigenvalue weighted by atomic mass is 10.0. The summed E-state index contributed by atoms with van der Waals surface area (Å²) >= 11 is 24.8. The molecule has 67 heavy (non-hydrogen) atoms. The second kappa shape index (κ2) is 21.1. The summed E-state index contributed by atoms with van der Waals surface area (Å²) in [7, 11) is 3.28. The minimum absolute atomic E-state index is 0.0481. The number of nitrogens with zero attached hydrogens (tertiary/aromatic N) is 11. The third-order valence-electron chi connectivity index (χ3n) is 12.6. The molecule has 4 saturated heterocycles. The molecule has 4 fully saturated rings. The summed E-state index contributed by atoms with van der Waals surface area (Å²) < 4.78 is 13.6. The predicted octanol–water partition coefficient (Wildman–Crippen LogP) is 6.95. The van der Waals surface area contributed by atoms with Crippen molar-refractivity contribution < 1.29 is 24.2 Å². The first-order chi connectivity index (χ1) is 32.3. The molecule has 21 heteroatoms. The molecule has 10 rings (SSSR count). The molecule has 0 bridgehead atoms. The molecule has 17 nitrogen and oxygen atoms in total. The number of benzene rings is 2. The van der Waals surface area contributed by atoms with Crippen LogP contribution < -0.4 is 24.6 Å². The van der Waals surface area contributed by atoms with E-state index in [1.165, 1.54) is 10.4 Å². The normalized spacial score (nSPS) is 19.3. The van der Waals surface area contributed by atoms with E-state index in [4.69, 9.17) is 61.0 Å². The Morgan fingerprint density at radius 2 is 1.06 bits per heavy atom. The second-order valence-electron chi connectivity index (χ2n) is 16.8. The summed E-state index contributed by atoms with van der Waals surface area (Å²) in [6.45, 7) is 11.4. The number of carboxylic acids is 1. The Balaban J connectivity index is 0.000000150. The molecule has 0 spiro atoms. The highest BCUT2D eigenvalue weighted by Crippen LogP contribution is 2.38. The number of nitrogens with one attached hydrogen (secondary N) is 1. The van der Waals surface area contributed by atoms with Crippen molar-refractivity contribution in [2.24, 2.45) is 23.7 Å². The topological polar surface area (TPSA) is 182 Å². The second-order valence-corrected chi connectivity index (χ2v) is 18.4. The number of likely N-dealkylation sites (tertiary alicyclic amines) is 1. The molecule has 2 aromatic carbocycles. The number of hydrogen-bond acceptors (Lipinski definition) is 13. The first-order valence-corrected chi connectivity index (χ1v) is 23.2. The van der Waals surface area contributed by atoms with Gasteiger partial charge in [0.1, 0.15) is 36.0 Å². The molecular weight excluding hydrogens is 942 g/mol. The molecule has 352 valence electrons. The SMILES string of the molecule is COc1cc(N2CC3CN(C(=O)Cn4nc(-c5ncccn5)c(Cl)c4C)CC3C2)ccc1Cl.COc1cc(N2CC3CNCC3C2)ccc1Cl.Cc1c(Cl)c(-c2ncccn2)nn1CC(=O)O. The quantitative estimate of drug-likeness (QED) is 0.144. The molecule has 4 aliphatic rings. The molecule has 8 heterocycles. The van der Waals surface area contributed by atoms with Crippen LogP contribution in [0.3, 0.4) is 0 Å². The fourth-order valence-electron chi connectivity index (χ4n) is 9.01. The zero-order chi connectivity index (χ0) is 47.4. The largest absolute Gasteiger partial charge is 0.495 e. The van der Waals surface area contributed by atoms with Gasteiger partial charge in [-0.3, -0.25) is 19.0 Å². The number of amides is 1. The van der Waals surface area contributed by atoms with E-state index in [1.807, 2.05) is 42.2 Å². The Bertz CT molecular complexity index is 2680. The van der Waals surface area contributed by atoms with Crippen LogP contribution in [0, 0.1) is 37.5 Å². The van der Waals surface area contributed by atoms with Gasteiger partial charge in [-0.15, -0.1) is 0 Å². The van der Waals surface area contributed by atoms with E-state index in [0.717, 1.165) is 81.3 Å². The maximum atomic E-state index is 13.1. The van der Waals surface area contributed by atoms with Gasteiger partial charge in [-0.2, -0.15) is 10.2 Å². The number of hydrogen-bond donors (Lipinski definition) is 2. The number of aromatic nitrogens is 8. The minimum atomic E-state index is -0.979. The highest BCUT2D eigenvalue weighted by Gasteiger charge is 2.42. The summed E-state index contributed by atoms with van der Waals surface area (Å²) in [4.78, 5) is 46.9. The highest BCUT2D eigenvalue weighted by molar-refractivity contribution is 6.34. The van der Waals surface area contributed by atoms with Crippen molar-refractivity contribution in [3.8, 4) is 34.5 Å². The van der Waals surface area contributed by atoms with E-state index >= 15 is 0 Å². The molecule has 2 N–H and O–H groups in total. The molecule has 1 amide bonds. The number of aliphatic carboxylic acids is 1. The van der Waals surface area contributed by atoms with E-state index in [1.54, 1.807) is 62.7 Å². The molecule has 0 radical (unpaired) electrons. The molecular formula is C46H50Cl4N12O5. The molecule has 4 unspecified atom stereocenters. The lowest BCUT2D eigenvalue weighted by Gasteiger charge is -2.24. The van der Waals surface area contributed by atoms with Crippen molar-refractivity contribution >= 4 is 69.7 Å². The predicted molar refractivity (Wildman–Crippen MR) is 257 cm³/mol. The summed E-state index contributed by atoms with van der Waals surface area (Å²) in [6, 6.07) is 15.3. The van der Waals surface area contributed by atoms with Crippen molar-refractivity contribution in [1.82, 2.24) is 49.7 Å². The van der Waals surface area contributed by atoms with Crippen LogP contribution in [0.2, 0.25) is 20.1 Å². The lowest BCUT2D eigenvalue weighted by molar-refractivity contribution is -0.138. The fourth-order valence-corrected chi connectivity index (χ4v) is 9.83. The van der Waals surface area contributed by atoms with Crippen molar-refractivity contribution in [1.29, 1.82) is 0 Å². The van der Waals surface area contributed by atoms with Crippen LogP contribution in [0.4, 0.5) is 11.4 Å². The van der Waals surface area contributed by atoms with Gasteiger partial charge in [-0.05, 0) is 62.1 Å². The fraction of sp³-hybridized carbons (Fsp3) is 0.391. The first kappa shape index (κ1) is 47.8. The van der Waals surface area contributed by atoms with Gasteiger partial charge in [0.05, 0.1) is 45.7 Å². The number of anilines is 2. The molecule has 6 aromatic rings. The van der Waals surface area contributed by atoms with Gasteiger partial charge in [0.2, 0.25) is 5.91 Å². The van der Waals surface area contributed by atoms with Gasteiger partial charge in [-0.25, -0.2) is 19.9 Å². The Morgan fingerprint density at radius 1 is 0.642 bits per heavy atom. The maximum Gasteiger partial charge on any atom is 0.325 e. The Labute approximate surface area is 407 Å². The van der Waals surface area contributed by atoms with E-state index in [0.29, 0.717) is 66.4 Å². The number of carbonyl (C=O) groups is 2. The summed E-state index contributed by atoms with van der Waals surface area (Å²) in [6.07, 6.45) is 6.43. The zero-order valence-corrected chi connectivity index (χ0v) is 40.3. The maximum absolute atomic E-state index is 13.1. The lowest BCUT2D eigenvalue weighted by Crippen LogP contribution is -2.35. The van der Waals surface area contributed by atoms with Crippen LogP contribution in [0.5, 0.6) is 11.5 Å². The number of carboxylic acid groups (broad SMARTS) is 1. The number of halogens is 4. The first-order valence-electron chi connectivity index (χ1n) is 21.7. The zero-order valence-electron chi connectivity index (χ0n) is 37.3. The molecule has 4 aliphatic heterocycles. The number of fused-ring (bicyclic) bond motifs is 2. The Morgan fingerprint density at radius 3 is 1.48 bits per heavy atom. The van der Waals surface area contributed by atoms with Crippen molar-refractivity contribution in [2.75, 3.05) is 76.4 Å². The van der Waals surface area contributed by atoms with Gasteiger partial charge in [0.15, 0.2) is 11.6 Å². The minimum Gasteiger partial charge on any atom is -0.495 e. The van der Waals surface area contributed by atoms with Gasteiger partial charge in [0, 0.05) is 112 Å². The van der Waals surface area contributed by atoms with Crippen molar-refractivity contribution in [3.05, 3.63) is 105 Å². The van der Waals surface area contributed by atoms with Gasteiger partial charge in [0.25, 0.3) is 0 Å². The average Bonchev–Trinajstić information content (AvgIpc) is 4.20. The molecule has 0 saturated carbocycles.